The highest BCUT2D eigenvalue weighted by molar-refractivity contribution is 9.10. The van der Waals surface area contributed by atoms with Gasteiger partial charge < -0.3 is 9.64 Å². The summed E-state index contributed by atoms with van der Waals surface area (Å²) in [7, 11) is 1.38. The van der Waals surface area contributed by atoms with Crippen molar-refractivity contribution in [2.75, 3.05) is 13.7 Å². The van der Waals surface area contributed by atoms with Gasteiger partial charge in [-0.15, -0.1) is 0 Å². The molecule has 0 bridgehead atoms. The molecule has 0 saturated carbocycles. The number of amides is 1. The highest BCUT2D eigenvalue weighted by Gasteiger charge is 2.32. The van der Waals surface area contributed by atoms with Crippen molar-refractivity contribution >= 4 is 27.8 Å². The van der Waals surface area contributed by atoms with Gasteiger partial charge in [0.1, 0.15) is 6.04 Å². The molecule has 21 heavy (non-hydrogen) atoms. The van der Waals surface area contributed by atoms with E-state index in [1.54, 1.807) is 4.90 Å². The summed E-state index contributed by atoms with van der Waals surface area (Å²) in [6.07, 6.45) is 3.73. The number of halogens is 1. The predicted molar refractivity (Wildman–Crippen MR) is 83.8 cm³/mol. The van der Waals surface area contributed by atoms with E-state index in [4.69, 9.17) is 4.74 Å². The highest BCUT2D eigenvalue weighted by Crippen LogP contribution is 2.20. The molecular formula is C16H20BrNO3. The molecule has 1 aromatic carbocycles. The van der Waals surface area contributed by atoms with Crippen molar-refractivity contribution in [2.24, 2.45) is 0 Å². The summed E-state index contributed by atoms with van der Waals surface area (Å²) in [4.78, 5) is 25.9. The first-order chi connectivity index (χ1) is 10.1. The maximum absolute atomic E-state index is 12.4. The number of esters is 1. The Labute approximate surface area is 133 Å². The Hall–Kier alpha value is -1.36. The van der Waals surface area contributed by atoms with E-state index in [1.165, 1.54) is 7.11 Å². The number of rotatable bonds is 4. The SMILES string of the molecule is COC(=O)C1CCCCN1C(=O)CCc1cccc(Br)c1. The quantitative estimate of drug-likeness (QED) is 0.781. The minimum absolute atomic E-state index is 0.0325. The van der Waals surface area contributed by atoms with Crippen molar-refractivity contribution in [3.63, 3.8) is 0 Å². The van der Waals surface area contributed by atoms with Gasteiger partial charge in [0.2, 0.25) is 5.91 Å². The Balaban J connectivity index is 1.96. The molecule has 5 heteroatoms. The van der Waals surface area contributed by atoms with Gasteiger partial charge in [0.15, 0.2) is 0 Å². The van der Waals surface area contributed by atoms with Crippen LogP contribution in [0.1, 0.15) is 31.2 Å². The van der Waals surface area contributed by atoms with Crippen LogP contribution < -0.4 is 0 Å². The fraction of sp³-hybridized carbons (Fsp3) is 0.500. The Morgan fingerprint density at radius 3 is 2.90 bits per heavy atom. The first-order valence-corrected chi connectivity index (χ1v) is 8.03. The normalized spacial score (nSPS) is 18.4. The third kappa shape index (κ3) is 4.30. The summed E-state index contributed by atoms with van der Waals surface area (Å²) in [5, 5.41) is 0. The summed E-state index contributed by atoms with van der Waals surface area (Å²) in [5.74, 6) is -0.268. The van der Waals surface area contributed by atoms with Crippen LogP contribution in [0.3, 0.4) is 0 Å². The lowest BCUT2D eigenvalue weighted by atomic mass is 10.0. The maximum atomic E-state index is 12.4. The molecule has 0 aromatic heterocycles. The second kappa shape index (κ2) is 7.59. The number of methoxy groups -OCH3 is 1. The fourth-order valence-corrected chi connectivity index (χ4v) is 3.15. The van der Waals surface area contributed by atoms with E-state index < -0.39 is 6.04 Å². The van der Waals surface area contributed by atoms with Crippen molar-refractivity contribution in [2.45, 2.75) is 38.1 Å². The van der Waals surface area contributed by atoms with E-state index >= 15 is 0 Å². The van der Waals surface area contributed by atoms with Crippen LogP contribution in [0.25, 0.3) is 0 Å². The average Bonchev–Trinajstić information content (AvgIpc) is 2.52. The van der Waals surface area contributed by atoms with E-state index in [1.807, 2.05) is 24.3 Å². The number of hydrogen-bond acceptors (Lipinski definition) is 3. The zero-order valence-electron chi connectivity index (χ0n) is 12.2. The first-order valence-electron chi connectivity index (χ1n) is 7.23. The Bertz CT molecular complexity index is 518. The molecular weight excluding hydrogens is 334 g/mol. The average molecular weight is 354 g/mol. The van der Waals surface area contributed by atoms with Gasteiger partial charge in [-0.05, 0) is 43.4 Å². The summed E-state index contributed by atoms with van der Waals surface area (Å²) < 4.78 is 5.82. The summed E-state index contributed by atoms with van der Waals surface area (Å²) >= 11 is 3.43. The molecule has 1 aromatic rings. The summed E-state index contributed by atoms with van der Waals surface area (Å²) in [6, 6.07) is 7.54. The number of piperidine rings is 1. The van der Waals surface area contributed by atoms with Gasteiger partial charge in [0, 0.05) is 17.4 Å². The second-order valence-electron chi connectivity index (χ2n) is 5.25. The van der Waals surface area contributed by atoms with Gasteiger partial charge in [0.05, 0.1) is 7.11 Å². The lowest BCUT2D eigenvalue weighted by Gasteiger charge is -2.33. The van der Waals surface area contributed by atoms with Crippen LogP contribution in [0.2, 0.25) is 0 Å². The third-order valence-corrected chi connectivity index (χ3v) is 4.31. The minimum atomic E-state index is -0.404. The zero-order chi connectivity index (χ0) is 15.2. The number of likely N-dealkylation sites (tertiary alicyclic amines) is 1. The fourth-order valence-electron chi connectivity index (χ4n) is 2.70. The Morgan fingerprint density at radius 1 is 1.38 bits per heavy atom. The molecule has 4 nitrogen and oxygen atoms in total. The smallest absolute Gasteiger partial charge is 0.328 e. The maximum Gasteiger partial charge on any atom is 0.328 e. The molecule has 1 heterocycles. The van der Waals surface area contributed by atoms with Crippen LogP contribution in [0.5, 0.6) is 0 Å². The van der Waals surface area contributed by atoms with Crippen molar-refractivity contribution in [3.8, 4) is 0 Å². The molecule has 0 N–H and O–H groups in total. The van der Waals surface area contributed by atoms with Crippen LogP contribution in [0.15, 0.2) is 28.7 Å². The van der Waals surface area contributed by atoms with Crippen LogP contribution in [-0.4, -0.2) is 36.5 Å². The standard InChI is InChI=1S/C16H20BrNO3/c1-21-16(20)14-7-2-3-10-18(14)15(19)9-8-12-5-4-6-13(17)11-12/h4-6,11,14H,2-3,7-10H2,1H3. The minimum Gasteiger partial charge on any atom is -0.467 e. The first kappa shape index (κ1) is 16.0. The Morgan fingerprint density at radius 2 is 2.19 bits per heavy atom. The van der Waals surface area contributed by atoms with Gasteiger partial charge in [-0.25, -0.2) is 4.79 Å². The van der Waals surface area contributed by atoms with Crippen LogP contribution in [0, 0.1) is 0 Å². The van der Waals surface area contributed by atoms with E-state index in [9.17, 15) is 9.59 Å². The lowest BCUT2D eigenvalue weighted by Crippen LogP contribution is -2.48. The van der Waals surface area contributed by atoms with E-state index in [2.05, 4.69) is 15.9 Å². The molecule has 0 radical (unpaired) electrons. The molecule has 1 fully saturated rings. The number of ether oxygens (including phenoxy) is 1. The number of aryl methyl sites for hydroxylation is 1. The zero-order valence-corrected chi connectivity index (χ0v) is 13.8. The van der Waals surface area contributed by atoms with Crippen molar-refractivity contribution < 1.29 is 14.3 Å². The molecule has 1 amide bonds. The highest BCUT2D eigenvalue weighted by atomic mass is 79.9. The largest absolute Gasteiger partial charge is 0.467 e. The van der Waals surface area contributed by atoms with E-state index in [0.717, 1.165) is 22.9 Å². The molecule has 0 aliphatic carbocycles. The van der Waals surface area contributed by atoms with Crippen molar-refractivity contribution in [1.82, 2.24) is 4.90 Å². The number of nitrogens with zero attached hydrogens (tertiary/aromatic N) is 1. The Kier molecular flexibility index (Phi) is 5.79. The topological polar surface area (TPSA) is 46.6 Å². The molecule has 2 rings (SSSR count). The van der Waals surface area contributed by atoms with Crippen LogP contribution in [0.4, 0.5) is 0 Å². The van der Waals surface area contributed by atoms with Gasteiger partial charge >= 0.3 is 5.97 Å². The van der Waals surface area contributed by atoms with Gasteiger partial charge in [-0.1, -0.05) is 28.1 Å². The van der Waals surface area contributed by atoms with E-state index in [0.29, 0.717) is 25.8 Å². The molecule has 0 spiro atoms. The number of carbonyl (C=O) groups excluding carboxylic acids is 2. The summed E-state index contributed by atoms with van der Waals surface area (Å²) in [5.41, 5.74) is 1.12. The molecule has 114 valence electrons. The van der Waals surface area contributed by atoms with Crippen molar-refractivity contribution in [1.29, 1.82) is 0 Å². The molecule has 1 aliphatic heterocycles. The number of carbonyl (C=O) groups is 2. The molecule has 1 atom stereocenters. The monoisotopic (exact) mass is 353 g/mol. The van der Waals surface area contributed by atoms with Crippen molar-refractivity contribution in [3.05, 3.63) is 34.3 Å². The van der Waals surface area contributed by atoms with E-state index in [-0.39, 0.29) is 11.9 Å². The molecule has 1 saturated heterocycles. The number of hydrogen-bond donors (Lipinski definition) is 0. The summed E-state index contributed by atoms with van der Waals surface area (Å²) in [6.45, 7) is 0.650. The lowest BCUT2D eigenvalue weighted by molar-refractivity contribution is -0.154. The van der Waals surface area contributed by atoms with Gasteiger partial charge in [-0.3, -0.25) is 4.79 Å². The van der Waals surface area contributed by atoms with Gasteiger partial charge in [-0.2, -0.15) is 0 Å². The molecule has 1 aliphatic rings. The predicted octanol–water partition coefficient (Wildman–Crippen LogP) is 2.94. The third-order valence-electron chi connectivity index (χ3n) is 3.81. The molecule has 1 unspecified atom stereocenters. The van der Waals surface area contributed by atoms with Crippen LogP contribution >= 0.6 is 15.9 Å². The number of benzene rings is 1. The second-order valence-corrected chi connectivity index (χ2v) is 6.17. The van der Waals surface area contributed by atoms with Crippen LogP contribution in [-0.2, 0) is 20.7 Å². The van der Waals surface area contributed by atoms with Gasteiger partial charge in [0.25, 0.3) is 0 Å².